The molecule has 1 atom stereocenters. The van der Waals surface area contributed by atoms with Crippen molar-refractivity contribution in [1.82, 2.24) is 4.90 Å². The second-order valence-electron chi connectivity index (χ2n) is 6.48. The van der Waals surface area contributed by atoms with Crippen LogP contribution in [0.4, 0.5) is 23.2 Å². The Labute approximate surface area is 159 Å². The summed E-state index contributed by atoms with van der Waals surface area (Å²) in [6, 6.07) is 9.82. The minimum absolute atomic E-state index is 0.0637. The molecule has 144 valence electrons. The Morgan fingerprint density at radius 2 is 1.81 bits per heavy atom. The average molecular weight is 398 g/mol. The summed E-state index contributed by atoms with van der Waals surface area (Å²) < 4.78 is 53.8. The SMILES string of the molecule is CN(C)c1ccc(CN2C(=O)CSC2c2cc(F)ccc2C(F)(F)F)cc1. The fourth-order valence-electron chi connectivity index (χ4n) is 2.97. The number of halogens is 4. The lowest BCUT2D eigenvalue weighted by atomic mass is 10.1. The minimum atomic E-state index is -4.62. The summed E-state index contributed by atoms with van der Waals surface area (Å²) in [4.78, 5) is 15.6. The molecule has 2 aromatic rings. The van der Waals surface area contributed by atoms with Crippen molar-refractivity contribution in [1.29, 1.82) is 0 Å². The van der Waals surface area contributed by atoms with Gasteiger partial charge in [0, 0.05) is 26.3 Å². The molecule has 1 heterocycles. The smallest absolute Gasteiger partial charge is 0.378 e. The van der Waals surface area contributed by atoms with Gasteiger partial charge in [-0.25, -0.2) is 4.39 Å². The van der Waals surface area contributed by atoms with Crippen molar-refractivity contribution in [3.63, 3.8) is 0 Å². The molecule has 0 radical (unpaired) electrons. The number of benzene rings is 2. The Morgan fingerprint density at radius 1 is 1.15 bits per heavy atom. The van der Waals surface area contributed by atoms with Gasteiger partial charge in [-0.1, -0.05) is 12.1 Å². The van der Waals surface area contributed by atoms with Crippen molar-refractivity contribution in [2.24, 2.45) is 0 Å². The zero-order valence-corrected chi connectivity index (χ0v) is 15.6. The summed E-state index contributed by atoms with van der Waals surface area (Å²) in [6.45, 7) is 0.165. The maximum absolute atomic E-state index is 13.7. The summed E-state index contributed by atoms with van der Waals surface area (Å²) >= 11 is 1.08. The number of carbonyl (C=O) groups is 1. The van der Waals surface area contributed by atoms with Crippen LogP contribution >= 0.6 is 11.8 Å². The number of hydrogen-bond acceptors (Lipinski definition) is 3. The number of anilines is 1. The second-order valence-corrected chi connectivity index (χ2v) is 7.54. The Balaban J connectivity index is 1.92. The van der Waals surface area contributed by atoms with Crippen molar-refractivity contribution in [2.75, 3.05) is 24.7 Å². The Bertz CT molecular complexity index is 837. The van der Waals surface area contributed by atoms with Gasteiger partial charge in [0.2, 0.25) is 5.91 Å². The van der Waals surface area contributed by atoms with Crippen molar-refractivity contribution < 1.29 is 22.4 Å². The third-order valence-corrected chi connectivity index (χ3v) is 5.60. The first-order chi connectivity index (χ1) is 12.7. The van der Waals surface area contributed by atoms with E-state index in [0.717, 1.165) is 41.2 Å². The van der Waals surface area contributed by atoms with E-state index in [4.69, 9.17) is 0 Å². The molecule has 0 bridgehead atoms. The van der Waals surface area contributed by atoms with Crippen LogP contribution in [0.15, 0.2) is 42.5 Å². The molecule has 1 fully saturated rings. The highest BCUT2D eigenvalue weighted by molar-refractivity contribution is 8.00. The lowest BCUT2D eigenvalue weighted by Gasteiger charge is -2.27. The maximum atomic E-state index is 13.7. The highest BCUT2D eigenvalue weighted by atomic mass is 32.2. The summed E-state index contributed by atoms with van der Waals surface area (Å²) in [5, 5.41) is -0.877. The lowest BCUT2D eigenvalue weighted by Crippen LogP contribution is -2.29. The molecule has 2 aromatic carbocycles. The molecule has 27 heavy (non-hydrogen) atoms. The van der Waals surface area contributed by atoms with Gasteiger partial charge in [0.1, 0.15) is 11.2 Å². The number of carbonyl (C=O) groups excluding carboxylic acids is 1. The van der Waals surface area contributed by atoms with E-state index in [1.165, 1.54) is 4.90 Å². The van der Waals surface area contributed by atoms with Gasteiger partial charge >= 0.3 is 6.18 Å². The molecule has 1 unspecified atom stereocenters. The molecule has 0 N–H and O–H groups in total. The number of nitrogens with zero attached hydrogens (tertiary/aromatic N) is 2. The van der Waals surface area contributed by atoms with Crippen molar-refractivity contribution in [2.45, 2.75) is 18.1 Å². The number of thioether (sulfide) groups is 1. The zero-order valence-electron chi connectivity index (χ0n) is 14.8. The van der Waals surface area contributed by atoms with Crippen molar-refractivity contribution in [3.8, 4) is 0 Å². The van der Waals surface area contributed by atoms with Crippen molar-refractivity contribution >= 4 is 23.4 Å². The fraction of sp³-hybridized carbons (Fsp3) is 0.316. The Morgan fingerprint density at radius 3 is 2.41 bits per heavy atom. The van der Waals surface area contributed by atoms with Gasteiger partial charge in [0.15, 0.2) is 0 Å². The van der Waals surface area contributed by atoms with Crippen molar-refractivity contribution in [3.05, 3.63) is 65.0 Å². The molecule has 3 nitrogen and oxygen atoms in total. The minimum Gasteiger partial charge on any atom is -0.378 e. The summed E-state index contributed by atoms with van der Waals surface area (Å²) in [5.41, 5.74) is 0.639. The van der Waals surface area contributed by atoms with E-state index in [-0.39, 0.29) is 23.8 Å². The first-order valence-electron chi connectivity index (χ1n) is 8.21. The van der Waals surface area contributed by atoms with Crippen LogP contribution in [0.3, 0.4) is 0 Å². The number of alkyl halides is 3. The van der Waals surface area contributed by atoms with Crippen LogP contribution < -0.4 is 4.90 Å². The Kier molecular flexibility index (Phi) is 5.37. The largest absolute Gasteiger partial charge is 0.416 e. The van der Waals surface area contributed by atoms with E-state index in [1.54, 1.807) is 0 Å². The number of rotatable bonds is 4. The number of hydrogen-bond donors (Lipinski definition) is 0. The number of amides is 1. The molecular weight excluding hydrogens is 380 g/mol. The van der Waals surface area contributed by atoms with E-state index >= 15 is 0 Å². The Hall–Kier alpha value is -2.22. The molecule has 8 heteroatoms. The van der Waals surface area contributed by atoms with Gasteiger partial charge in [0.05, 0.1) is 11.3 Å². The average Bonchev–Trinajstić information content (AvgIpc) is 2.95. The highest BCUT2D eigenvalue weighted by Gasteiger charge is 2.40. The fourth-order valence-corrected chi connectivity index (χ4v) is 4.19. The molecule has 1 aliphatic rings. The quantitative estimate of drug-likeness (QED) is 0.699. The molecule has 1 aliphatic heterocycles. The molecule has 1 saturated heterocycles. The van der Waals surface area contributed by atoms with E-state index in [0.29, 0.717) is 0 Å². The van der Waals surface area contributed by atoms with Crippen LogP contribution in [0.2, 0.25) is 0 Å². The first kappa shape index (κ1) is 19.5. The van der Waals surface area contributed by atoms with Gasteiger partial charge in [-0.05, 0) is 41.5 Å². The predicted octanol–water partition coefficient (Wildman–Crippen LogP) is 4.68. The molecule has 0 saturated carbocycles. The standard InChI is InChI=1S/C19H18F4N2OS/c1-24(2)14-6-3-12(4-7-14)10-25-17(26)11-27-18(25)15-9-13(20)5-8-16(15)19(21,22)23/h3-9,18H,10-11H2,1-2H3. The van der Waals surface area contributed by atoms with Crippen LogP contribution in [0, 0.1) is 5.82 Å². The molecule has 0 spiro atoms. The van der Waals surface area contributed by atoms with E-state index < -0.39 is 22.9 Å². The zero-order chi connectivity index (χ0) is 19.8. The van der Waals surface area contributed by atoms with Crippen LogP contribution in [0.1, 0.15) is 22.1 Å². The topological polar surface area (TPSA) is 23.6 Å². The second kappa shape index (κ2) is 7.42. The van der Waals surface area contributed by atoms with E-state index in [2.05, 4.69) is 0 Å². The summed E-state index contributed by atoms with van der Waals surface area (Å²) in [7, 11) is 3.79. The maximum Gasteiger partial charge on any atom is 0.416 e. The molecule has 0 aliphatic carbocycles. The predicted molar refractivity (Wildman–Crippen MR) is 97.9 cm³/mol. The highest BCUT2D eigenvalue weighted by Crippen LogP contribution is 2.45. The van der Waals surface area contributed by atoms with Gasteiger partial charge in [0.25, 0.3) is 0 Å². The molecule has 0 aromatic heterocycles. The van der Waals surface area contributed by atoms with Crippen LogP contribution in [0.25, 0.3) is 0 Å². The lowest BCUT2D eigenvalue weighted by molar-refractivity contribution is -0.139. The van der Waals surface area contributed by atoms with Crippen LogP contribution in [-0.4, -0.2) is 30.7 Å². The molecule has 1 amide bonds. The summed E-state index contributed by atoms with van der Waals surface area (Å²) in [5.74, 6) is -0.957. The molecule has 3 rings (SSSR count). The van der Waals surface area contributed by atoms with Gasteiger partial charge in [-0.2, -0.15) is 13.2 Å². The summed E-state index contributed by atoms with van der Waals surface area (Å²) in [6.07, 6.45) is -4.62. The van der Waals surface area contributed by atoms with E-state index in [1.807, 2.05) is 43.3 Å². The van der Waals surface area contributed by atoms with E-state index in [9.17, 15) is 22.4 Å². The van der Waals surface area contributed by atoms with Crippen LogP contribution in [-0.2, 0) is 17.5 Å². The normalized spacial score (nSPS) is 17.5. The monoisotopic (exact) mass is 398 g/mol. The molecular formula is C19H18F4N2OS. The van der Waals surface area contributed by atoms with Gasteiger partial charge in [-0.3, -0.25) is 4.79 Å². The first-order valence-corrected chi connectivity index (χ1v) is 9.25. The van der Waals surface area contributed by atoms with Crippen LogP contribution in [0.5, 0.6) is 0 Å². The van der Waals surface area contributed by atoms with Gasteiger partial charge in [-0.15, -0.1) is 11.8 Å². The third kappa shape index (κ3) is 4.21. The third-order valence-electron chi connectivity index (χ3n) is 4.36. The van der Waals surface area contributed by atoms with Gasteiger partial charge < -0.3 is 9.80 Å².